The minimum absolute atomic E-state index is 0.0163. The summed E-state index contributed by atoms with van der Waals surface area (Å²) in [7, 11) is 3.23. The fraction of sp³-hybridized carbons (Fsp3) is 0.333. The average Bonchev–Trinajstić information content (AvgIpc) is 2.96. The number of ether oxygens (including phenoxy) is 3. The molecule has 0 saturated carbocycles. The number of hydrogen-bond donors (Lipinski definition) is 0. The third kappa shape index (κ3) is 4.39. The first-order valence-corrected chi connectivity index (χ1v) is 10.7. The van der Waals surface area contributed by atoms with Crippen molar-refractivity contribution in [2.24, 2.45) is 0 Å². The van der Waals surface area contributed by atoms with Gasteiger partial charge < -0.3 is 19.1 Å². The molecular formula is C24H26ClN3O4. The summed E-state index contributed by atoms with van der Waals surface area (Å²) in [6, 6.07) is 11.3. The minimum Gasteiger partial charge on any atom is -0.496 e. The summed E-state index contributed by atoms with van der Waals surface area (Å²) in [6.07, 6.45) is 0. The van der Waals surface area contributed by atoms with Gasteiger partial charge in [-0.2, -0.15) is 5.10 Å². The number of nitrogens with zero attached hydrogens (tertiary/aromatic N) is 3. The molecule has 0 bridgehead atoms. The lowest BCUT2D eigenvalue weighted by Gasteiger charge is -2.21. The smallest absolute Gasteiger partial charge is 0.244 e. The zero-order valence-corrected chi connectivity index (χ0v) is 19.4. The molecule has 168 valence electrons. The van der Waals surface area contributed by atoms with Crippen LogP contribution < -0.4 is 14.2 Å². The normalized spacial score (nSPS) is 13.2. The van der Waals surface area contributed by atoms with Crippen LogP contribution in [0, 0.1) is 13.8 Å². The summed E-state index contributed by atoms with van der Waals surface area (Å²) in [6.45, 7) is 5.32. The first-order valence-electron chi connectivity index (χ1n) is 10.4. The predicted molar refractivity (Wildman–Crippen MR) is 123 cm³/mol. The van der Waals surface area contributed by atoms with Crippen molar-refractivity contribution in [2.75, 3.05) is 27.4 Å². The highest BCUT2D eigenvalue weighted by Gasteiger charge is 2.24. The van der Waals surface area contributed by atoms with Gasteiger partial charge in [-0.1, -0.05) is 11.6 Å². The lowest BCUT2D eigenvalue weighted by Crippen LogP contribution is -2.35. The number of benzene rings is 2. The second-order valence-electron chi connectivity index (χ2n) is 7.76. The number of fused-ring (bicyclic) bond motifs is 1. The number of halogens is 1. The first kappa shape index (κ1) is 22.0. The molecule has 32 heavy (non-hydrogen) atoms. The number of methoxy groups -OCH3 is 2. The van der Waals surface area contributed by atoms with E-state index in [0.717, 1.165) is 28.1 Å². The van der Waals surface area contributed by atoms with E-state index in [4.69, 9.17) is 25.8 Å². The maximum atomic E-state index is 13.1. The number of carbonyl (C=O) groups is 1. The van der Waals surface area contributed by atoms with Gasteiger partial charge in [0.1, 0.15) is 18.9 Å². The van der Waals surface area contributed by atoms with Gasteiger partial charge in [0.05, 0.1) is 26.5 Å². The van der Waals surface area contributed by atoms with E-state index in [2.05, 4.69) is 5.10 Å². The molecule has 1 aliphatic heterocycles. The number of carbonyl (C=O) groups excluding carboxylic acids is 1. The quantitative estimate of drug-likeness (QED) is 0.575. The van der Waals surface area contributed by atoms with Gasteiger partial charge in [-0.25, -0.2) is 0 Å². The molecule has 0 saturated heterocycles. The van der Waals surface area contributed by atoms with Crippen molar-refractivity contribution in [2.45, 2.75) is 26.9 Å². The van der Waals surface area contributed by atoms with Gasteiger partial charge in [0.15, 0.2) is 11.5 Å². The largest absolute Gasteiger partial charge is 0.496 e. The summed E-state index contributed by atoms with van der Waals surface area (Å²) in [5, 5.41) is 5.02. The number of rotatable bonds is 5. The van der Waals surface area contributed by atoms with Gasteiger partial charge in [-0.05, 0) is 55.8 Å². The lowest BCUT2D eigenvalue weighted by atomic mass is 10.0. The van der Waals surface area contributed by atoms with Gasteiger partial charge in [-0.15, -0.1) is 0 Å². The fourth-order valence-electron chi connectivity index (χ4n) is 3.97. The predicted octanol–water partition coefficient (Wildman–Crippen LogP) is 4.26. The number of hydrogen-bond acceptors (Lipinski definition) is 5. The summed E-state index contributed by atoms with van der Waals surface area (Å²) in [5.74, 6) is 1.94. The second-order valence-corrected chi connectivity index (χ2v) is 8.20. The Balaban J connectivity index is 1.69. The van der Waals surface area contributed by atoms with E-state index in [-0.39, 0.29) is 12.5 Å². The van der Waals surface area contributed by atoms with Crippen LogP contribution in [0.4, 0.5) is 0 Å². The van der Waals surface area contributed by atoms with Gasteiger partial charge in [0.25, 0.3) is 0 Å². The Morgan fingerprint density at radius 2 is 1.91 bits per heavy atom. The highest BCUT2D eigenvalue weighted by Crippen LogP contribution is 2.41. The summed E-state index contributed by atoms with van der Waals surface area (Å²) >= 11 is 6.25. The van der Waals surface area contributed by atoms with E-state index >= 15 is 0 Å². The Morgan fingerprint density at radius 3 is 2.59 bits per heavy atom. The molecule has 0 unspecified atom stereocenters. The summed E-state index contributed by atoms with van der Waals surface area (Å²) < 4.78 is 18.9. The number of aryl methyl sites for hydroxylation is 2. The molecule has 0 aliphatic carbocycles. The molecule has 4 rings (SSSR count). The van der Waals surface area contributed by atoms with Crippen molar-refractivity contribution in [3.63, 3.8) is 0 Å². The standard InChI is InChI=1S/C24H26ClN3O4/c1-15-9-16(2)28(26-15)14-23(29)27-7-8-32-24-18(13-27)10-17(11-22(24)31-4)20-12-19(25)5-6-21(20)30-3/h5-6,9-12H,7-8,13-14H2,1-4H3. The van der Waals surface area contributed by atoms with Crippen LogP contribution in [0.25, 0.3) is 11.1 Å². The maximum Gasteiger partial charge on any atom is 0.244 e. The van der Waals surface area contributed by atoms with Gasteiger partial charge >= 0.3 is 0 Å². The van der Waals surface area contributed by atoms with E-state index in [1.807, 2.05) is 44.2 Å². The number of aromatic nitrogens is 2. The van der Waals surface area contributed by atoms with Crippen LogP contribution in [0.3, 0.4) is 0 Å². The Bertz CT molecular complexity index is 1160. The molecule has 2 aromatic carbocycles. The maximum absolute atomic E-state index is 13.1. The van der Waals surface area contributed by atoms with Crippen LogP contribution in [-0.2, 0) is 17.9 Å². The van der Waals surface area contributed by atoms with Crippen molar-refractivity contribution in [3.8, 4) is 28.4 Å². The van der Waals surface area contributed by atoms with Crippen LogP contribution in [0.2, 0.25) is 5.02 Å². The molecule has 1 aromatic heterocycles. The zero-order chi connectivity index (χ0) is 22.8. The van der Waals surface area contributed by atoms with Crippen molar-refractivity contribution < 1.29 is 19.0 Å². The van der Waals surface area contributed by atoms with Gasteiger partial charge in [0, 0.05) is 28.4 Å². The topological polar surface area (TPSA) is 65.8 Å². The second kappa shape index (κ2) is 9.12. The van der Waals surface area contributed by atoms with Crippen molar-refractivity contribution in [3.05, 3.63) is 58.4 Å². The van der Waals surface area contributed by atoms with Gasteiger partial charge in [-0.3, -0.25) is 9.48 Å². The van der Waals surface area contributed by atoms with Crippen molar-refractivity contribution >= 4 is 17.5 Å². The van der Waals surface area contributed by atoms with Crippen LogP contribution >= 0.6 is 11.6 Å². The molecule has 3 aromatic rings. The van der Waals surface area contributed by atoms with E-state index < -0.39 is 0 Å². The Kier molecular flexibility index (Phi) is 6.28. The number of amides is 1. The van der Waals surface area contributed by atoms with E-state index in [1.165, 1.54) is 0 Å². The molecule has 2 heterocycles. The van der Waals surface area contributed by atoms with Gasteiger partial charge in [0.2, 0.25) is 5.91 Å². The Labute approximate surface area is 192 Å². The molecule has 8 heteroatoms. The van der Waals surface area contributed by atoms with Crippen LogP contribution in [0.15, 0.2) is 36.4 Å². The van der Waals surface area contributed by atoms with Crippen LogP contribution in [0.1, 0.15) is 17.0 Å². The van der Waals surface area contributed by atoms with E-state index in [1.54, 1.807) is 29.9 Å². The molecule has 0 N–H and O–H groups in total. The molecule has 0 atom stereocenters. The lowest BCUT2D eigenvalue weighted by molar-refractivity contribution is -0.132. The first-order chi connectivity index (χ1) is 15.4. The SMILES string of the molecule is COc1ccc(Cl)cc1-c1cc2c(c(OC)c1)OCCN(C(=O)Cn1nc(C)cc1C)C2. The highest BCUT2D eigenvalue weighted by molar-refractivity contribution is 6.31. The molecule has 7 nitrogen and oxygen atoms in total. The van der Waals surface area contributed by atoms with Crippen LogP contribution in [0.5, 0.6) is 17.2 Å². The van der Waals surface area contributed by atoms with Crippen molar-refractivity contribution in [1.82, 2.24) is 14.7 Å². The summed E-state index contributed by atoms with van der Waals surface area (Å²) in [4.78, 5) is 14.9. The van der Waals surface area contributed by atoms with Crippen LogP contribution in [-0.4, -0.2) is 48.0 Å². The molecule has 0 spiro atoms. The molecule has 0 fully saturated rings. The summed E-state index contributed by atoms with van der Waals surface area (Å²) in [5.41, 5.74) is 4.42. The molecule has 0 radical (unpaired) electrons. The fourth-order valence-corrected chi connectivity index (χ4v) is 4.14. The monoisotopic (exact) mass is 455 g/mol. The Morgan fingerprint density at radius 1 is 1.12 bits per heavy atom. The van der Waals surface area contributed by atoms with E-state index in [0.29, 0.717) is 42.0 Å². The minimum atomic E-state index is -0.0163. The zero-order valence-electron chi connectivity index (χ0n) is 18.6. The van der Waals surface area contributed by atoms with E-state index in [9.17, 15) is 4.79 Å². The Hall–Kier alpha value is -3.19. The van der Waals surface area contributed by atoms with Crippen molar-refractivity contribution in [1.29, 1.82) is 0 Å². The third-order valence-electron chi connectivity index (χ3n) is 5.53. The molecular weight excluding hydrogens is 430 g/mol. The molecule has 1 amide bonds. The molecule has 1 aliphatic rings. The highest BCUT2D eigenvalue weighted by atomic mass is 35.5. The third-order valence-corrected chi connectivity index (χ3v) is 5.77. The average molecular weight is 456 g/mol.